The second-order valence-corrected chi connectivity index (χ2v) is 6.83. The fraction of sp³-hybridized carbons (Fsp3) is 0.200. The Morgan fingerprint density at radius 3 is 2.29 bits per heavy atom. The number of rotatable bonds is 4. The maximum Gasteiger partial charge on any atom is 0.175 e. The summed E-state index contributed by atoms with van der Waals surface area (Å²) >= 11 is 0. The molecule has 0 aliphatic rings. The molecule has 0 unspecified atom stereocenters. The lowest BCUT2D eigenvalue weighted by atomic mass is 10.1. The Hall–Kier alpha value is -1.92. The van der Waals surface area contributed by atoms with Gasteiger partial charge in [-0.05, 0) is 49.4 Å². The average Bonchev–Trinajstić information content (AvgIpc) is 2.40. The van der Waals surface area contributed by atoms with Crippen LogP contribution >= 0.6 is 0 Å². The van der Waals surface area contributed by atoms with Crippen LogP contribution in [0.2, 0.25) is 0 Å². The highest BCUT2D eigenvalue weighted by molar-refractivity contribution is 7.90. The molecule has 112 valence electrons. The summed E-state index contributed by atoms with van der Waals surface area (Å²) < 4.78 is 41.7. The van der Waals surface area contributed by atoms with Gasteiger partial charge in [0.15, 0.2) is 9.84 Å². The molecule has 1 atom stereocenters. The number of hydrogen-bond donors (Lipinski definition) is 1. The molecule has 0 radical (unpaired) electrons. The SMILES string of the molecule is C[C@@H](N)c1cc(F)ccc1Oc1ccc(S(C)(=O)=O)cc1. The smallest absolute Gasteiger partial charge is 0.175 e. The van der Waals surface area contributed by atoms with E-state index in [0.717, 1.165) is 6.26 Å². The zero-order valence-electron chi connectivity index (χ0n) is 11.7. The Labute approximate surface area is 123 Å². The molecule has 2 aromatic carbocycles. The summed E-state index contributed by atoms with van der Waals surface area (Å²) in [5, 5.41) is 0. The highest BCUT2D eigenvalue weighted by Crippen LogP contribution is 2.30. The number of nitrogens with two attached hydrogens (primary N) is 1. The molecule has 0 amide bonds. The van der Waals surface area contributed by atoms with Crippen molar-refractivity contribution in [1.82, 2.24) is 0 Å². The molecule has 2 aromatic rings. The molecule has 0 aliphatic heterocycles. The third kappa shape index (κ3) is 3.80. The summed E-state index contributed by atoms with van der Waals surface area (Å²) in [4.78, 5) is 0.210. The van der Waals surface area contributed by atoms with E-state index in [9.17, 15) is 12.8 Å². The van der Waals surface area contributed by atoms with E-state index < -0.39 is 9.84 Å². The van der Waals surface area contributed by atoms with E-state index >= 15 is 0 Å². The van der Waals surface area contributed by atoms with Crippen LogP contribution in [0.1, 0.15) is 18.5 Å². The van der Waals surface area contributed by atoms with Crippen molar-refractivity contribution in [3.63, 3.8) is 0 Å². The van der Waals surface area contributed by atoms with Crippen molar-refractivity contribution in [3.8, 4) is 11.5 Å². The minimum absolute atomic E-state index is 0.210. The van der Waals surface area contributed by atoms with Gasteiger partial charge < -0.3 is 10.5 Å². The third-order valence-electron chi connectivity index (χ3n) is 2.94. The van der Waals surface area contributed by atoms with Gasteiger partial charge in [0.2, 0.25) is 0 Å². The summed E-state index contributed by atoms with van der Waals surface area (Å²) in [5.41, 5.74) is 6.34. The average molecular weight is 309 g/mol. The lowest BCUT2D eigenvalue weighted by Gasteiger charge is -2.14. The normalized spacial score (nSPS) is 13.0. The number of sulfone groups is 1. The molecule has 21 heavy (non-hydrogen) atoms. The Balaban J connectivity index is 2.30. The molecule has 0 bridgehead atoms. The molecule has 2 rings (SSSR count). The zero-order valence-corrected chi connectivity index (χ0v) is 12.5. The quantitative estimate of drug-likeness (QED) is 0.942. The Morgan fingerprint density at radius 1 is 1.14 bits per heavy atom. The number of benzene rings is 2. The van der Waals surface area contributed by atoms with Gasteiger partial charge in [-0.3, -0.25) is 0 Å². The van der Waals surface area contributed by atoms with Crippen molar-refractivity contribution in [1.29, 1.82) is 0 Å². The molecule has 0 spiro atoms. The van der Waals surface area contributed by atoms with E-state index in [4.69, 9.17) is 10.5 Å². The van der Waals surface area contributed by atoms with E-state index in [0.29, 0.717) is 17.1 Å². The van der Waals surface area contributed by atoms with Crippen LogP contribution in [0.5, 0.6) is 11.5 Å². The Bertz CT molecular complexity index is 740. The molecule has 4 nitrogen and oxygen atoms in total. The van der Waals surface area contributed by atoms with Crippen molar-refractivity contribution in [3.05, 3.63) is 53.8 Å². The maximum atomic E-state index is 13.3. The second-order valence-electron chi connectivity index (χ2n) is 4.82. The first-order chi connectivity index (χ1) is 9.77. The predicted octanol–water partition coefficient (Wildman–Crippen LogP) is 3.04. The van der Waals surface area contributed by atoms with Gasteiger partial charge in [-0.1, -0.05) is 0 Å². The third-order valence-corrected chi connectivity index (χ3v) is 4.07. The van der Waals surface area contributed by atoms with Crippen molar-refractivity contribution >= 4 is 9.84 Å². The van der Waals surface area contributed by atoms with Crippen LogP contribution in [0.4, 0.5) is 4.39 Å². The summed E-state index contributed by atoms with van der Waals surface area (Å²) in [6.45, 7) is 1.73. The van der Waals surface area contributed by atoms with Crippen LogP contribution in [0, 0.1) is 5.82 Å². The van der Waals surface area contributed by atoms with Crippen molar-refractivity contribution in [2.24, 2.45) is 5.73 Å². The fourth-order valence-corrected chi connectivity index (χ4v) is 2.48. The topological polar surface area (TPSA) is 69.4 Å². The van der Waals surface area contributed by atoms with Gasteiger partial charge in [0.25, 0.3) is 0 Å². The Kier molecular flexibility index (Phi) is 4.29. The van der Waals surface area contributed by atoms with Crippen LogP contribution in [0.15, 0.2) is 47.4 Å². The van der Waals surface area contributed by atoms with E-state index in [-0.39, 0.29) is 16.8 Å². The predicted molar refractivity (Wildman–Crippen MR) is 78.6 cm³/mol. The zero-order chi connectivity index (χ0) is 15.6. The van der Waals surface area contributed by atoms with Crippen LogP contribution < -0.4 is 10.5 Å². The molecular formula is C15H16FNO3S. The molecule has 6 heteroatoms. The summed E-state index contributed by atoms with van der Waals surface area (Å²) in [6, 6.07) is 9.73. The molecule has 0 aliphatic carbocycles. The molecule has 0 saturated carbocycles. The van der Waals surface area contributed by atoms with Crippen LogP contribution in [0.25, 0.3) is 0 Å². The maximum absolute atomic E-state index is 13.3. The van der Waals surface area contributed by atoms with E-state index in [1.165, 1.54) is 30.3 Å². The lowest BCUT2D eigenvalue weighted by Crippen LogP contribution is -2.07. The van der Waals surface area contributed by atoms with E-state index in [1.807, 2.05) is 0 Å². The van der Waals surface area contributed by atoms with Crippen molar-refractivity contribution in [2.75, 3.05) is 6.26 Å². The van der Waals surface area contributed by atoms with Gasteiger partial charge in [0.1, 0.15) is 17.3 Å². The molecule has 0 fully saturated rings. The minimum atomic E-state index is -3.24. The first-order valence-corrected chi connectivity index (χ1v) is 8.19. The lowest BCUT2D eigenvalue weighted by molar-refractivity contribution is 0.468. The van der Waals surface area contributed by atoms with Gasteiger partial charge in [0.05, 0.1) is 4.90 Å². The van der Waals surface area contributed by atoms with Gasteiger partial charge in [-0.15, -0.1) is 0 Å². The van der Waals surface area contributed by atoms with Crippen molar-refractivity contribution in [2.45, 2.75) is 17.9 Å². The molecule has 0 aromatic heterocycles. The van der Waals surface area contributed by atoms with Crippen molar-refractivity contribution < 1.29 is 17.5 Å². The first-order valence-electron chi connectivity index (χ1n) is 6.30. The number of hydrogen-bond acceptors (Lipinski definition) is 4. The van der Waals surface area contributed by atoms with Gasteiger partial charge in [-0.2, -0.15) is 0 Å². The largest absolute Gasteiger partial charge is 0.457 e. The molecule has 0 saturated heterocycles. The van der Waals surface area contributed by atoms with E-state index in [2.05, 4.69) is 0 Å². The summed E-state index contributed by atoms with van der Waals surface area (Å²) in [7, 11) is -3.24. The molecule has 0 heterocycles. The number of halogens is 1. The van der Waals surface area contributed by atoms with Gasteiger partial charge in [-0.25, -0.2) is 12.8 Å². The first kappa shape index (κ1) is 15.5. The molecular weight excluding hydrogens is 293 g/mol. The Morgan fingerprint density at radius 2 is 1.76 bits per heavy atom. The highest BCUT2D eigenvalue weighted by atomic mass is 32.2. The van der Waals surface area contributed by atoms with Crippen LogP contribution in [0.3, 0.4) is 0 Å². The summed E-state index contributed by atoms with van der Waals surface area (Å²) in [5.74, 6) is 0.511. The molecule has 2 N–H and O–H groups in total. The highest BCUT2D eigenvalue weighted by Gasteiger charge is 2.11. The second kappa shape index (κ2) is 5.83. The van der Waals surface area contributed by atoms with Crippen LogP contribution in [-0.2, 0) is 9.84 Å². The standard InChI is InChI=1S/C15H16FNO3S/c1-10(17)14-9-11(16)3-8-15(14)20-12-4-6-13(7-5-12)21(2,18)19/h3-10H,17H2,1-2H3/t10-/m1/s1. The van der Waals surface area contributed by atoms with Gasteiger partial charge in [0, 0.05) is 17.9 Å². The fourth-order valence-electron chi connectivity index (χ4n) is 1.85. The van der Waals surface area contributed by atoms with Gasteiger partial charge >= 0.3 is 0 Å². The summed E-state index contributed by atoms with van der Waals surface area (Å²) in [6.07, 6.45) is 1.14. The monoisotopic (exact) mass is 309 g/mol. The van der Waals surface area contributed by atoms with Crippen LogP contribution in [-0.4, -0.2) is 14.7 Å². The minimum Gasteiger partial charge on any atom is -0.457 e. The van der Waals surface area contributed by atoms with E-state index in [1.54, 1.807) is 19.1 Å². The number of ether oxygens (including phenoxy) is 1.